The summed E-state index contributed by atoms with van der Waals surface area (Å²) < 4.78 is 0. The fraction of sp³-hybridized carbons (Fsp3) is 0.444. The van der Waals surface area contributed by atoms with Crippen LogP contribution < -0.4 is 5.32 Å². The van der Waals surface area contributed by atoms with E-state index in [1.807, 2.05) is 36.4 Å². The third-order valence-corrected chi connectivity index (χ3v) is 4.87. The van der Waals surface area contributed by atoms with E-state index in [-0.39, 0.29) is 17.7 Å². The van der Waals surface area contributed by atoms with Gasteiger partial charge in [0.15, 0.2) is 0 Å². The average Bonchev–Trinajstić information content (AvgIpc) is 3.07. The first-order chi connectivity index (χ1) is 10.5. The van der Waals surface area contributed by atoms with Crippen LogP contribution in [0.25, 0.3) is 0 Å². The standard InChI is InChI=1S/C18H21NO3/c1-10(2)11-4-3-5-14(9-11)19-17(20)15-12-6-7-13(8-12)16(15)18(21)22/h3-7,9-10,12-13,15-16H,8H2,1-2H3,(H,19,20)(H,21,22). The monoisotopic (exact) mass is 299 g/mol. The summed E-state index contributed by atoms with van der Waals surface area (Å²) in [6.45, 7) is 4.20. The van der Waals surface area contributed by atoms with Crippen molar-refractivity contribution in [3.63, 3.8) is 0 Å². The Bertz CT molecular complexity index is 635. The Morgan fingerprint density at radius 1 is 1.18 bits per heavy atom. The largest absolute Gasteiger partial charge is 0.481 e. The topological polar surface area (TPSA) is 66.4 Å². The van der Waals surface area contributed by atoms with E-state index in [1.54, 1.807) is 0 Å². The summed E-state index contributed by atoms with van der Waals surface area (Å²) >= 11 is 0. The van der Waals surface area contributed by atoms with Crippen molar-refractivity contribution in [2.45, 2.75) is 26.2 Å². The van der Waals surface area contributed by atoms with Gasteiger partial charge in [0.05, 0.1) is 11.8 Å². The van der Waals surface area contributed by atoms with Crippen LogP contribution in [-0.2, 0) is 9.59 Å². The number of anilines is 1. The number of rotatable bonds is 4. The fourth-order valence-corrected chi connectivity index (χ4v) is 3.72. The van der Waals surface area contributed by atoms with Crippen LogP contribution in [0.4, 0.5) is 5.69 Å². The third kappa shape index (κ3) is 2.54. The van der Waals surface area contributed by atoms with E-state index < -0.39 is 17.8 Å². The maximum absolute atomic E-state index is 12.6. The lowest BCUT2D eigenvalue weighted by Crippen LogP contribution is -2.36. The number of nitrogens with one attached hydrogen (secondary N) is 1. The molecule has 4 unspecified atom stereocenters. The van der Waals surface area contributed by atoms with E-state index in [0.717, 1.165) is 17.7 Å². The number of hydrogen-bond acceptors (Lipinski definition) is 2. The molecule has 1 saturated carbocycles. The van der Waals surface area contributed by atoms with Crippen molar-refractivity contribution in [2.75, 3.05) is 5.32 Å². The van der Waals surface area contributed by atoms with Crippen molar-refractivity contribution >= 4 is 17.6 Å². The van der Waals surface area contributed by atoms with Gasteiger partial charge < -0.3 is 10.4 Å². The summed E-state index contributed by atoms with van der Waals surface area (Å²) in [5.41, 5.74) is 1.90. The van der Waals surface area contributed by atoms with Crippen LogP contribution in [0.5, 0.6) is 0 Å². The number of carboxylic acid groups (broad SMARTS) is 1. The molecule has 0 aromatic heterocycles. The van der Waals surface area contributed by atoms with E-state index in [9.17, 15) is 14.7 Å². The lowest BCUT2D eigenvalue weighted by molar-refractivity contribution is -0.146. The molecule has 2 bridgehead atoms. The molecule has 2 N–H and O–H groups in total. The Labute approximate surface area is 130 Å². The Hall–Kier alpha value is -2.10. The molecule has 3 rings (SSSR count). The summed E-state index contributed by atoms with van der Waals surface area (Å²) in [5, 5.41) is 12.3. The molecule has 1 aromatic rings. The van der Waals surface area contributed by atoms with Gasteiger partial charge >= 0.3 is 5.97 Å². The van der Waals surface area contributed by atoms with Gasteiger partial charge in [-0.3, -0.25) is 9.59 Å². The number of carbonyl (C=O) groups is 2. The molecule has 4 atom stereocenters. The lowest BCUT2D eigenvalue weighted by Gasteiger charge is -2.24. The van der Waals surface area contributed by atoms with E-state index >= 15 is 0 Å². The molecular weight excluding hydrogens is 278 g/mol. The Morgan fingerprint density at radius 3 is 2.50 bits per heavy atom. The summed E-state index contributed by atoms with van der Waals surface area (Å²) in [5.74, 6) is -1.66. The molecule has 2 aliphatic carbocycles. The van der Waals surface area contributed by atoms with E-state index in [0.29, 0.717) is 5.92 Å². The third-order valence-electron chi connectivity index (χ3n) is 4.87. The van der Waals surface area contributed by atoms with Gasteiger partial charge in [-0.2, -0.15) is 0 Å². The molecule has 4 heteroatoms. The molecule has 22 heavy (non-hydrogen) atoms. The highest BCUT2D eigenvalue weighted by molar-refractivity contribution is 5.96. The van der Waals surface area contributed by atoms with Gasteiger partial charge in [-0.15, -0.1) is 0 Å². The van der Waals surface area contributed by atoms with E-state index in [4.69, 9.17) is 0 Å². The predicted molar refractivity (Wildman–Crippen MR) is 84.5 cm³/mol. The van der Waals surface area contributed by atoms with Crippen molar-refractivity contribution < 1.29 is 14.7 Å². The van der Waals surface area contributed by atoms with Crippen molar-refractivity contribution in [3.05, 3.63) is 42.0 Å². The lowest BCUT2D eigenvalue weighted by atomic mass is 9.82. The zero-order chi connectivity index (χ0) is 15.9. The molecule has 116 valence electrons. The van der Waals surface area contributed by atoms with Crippen LogP contribution in [-0.4, -0.2) is 17.0 Å². The van der Waals surface area contributed by atoms with Crippen molar-refractivity contribution in [2.24, 2.45) is 23.7 Å². The molecule has 0 aliphatic heterocycles. The second-order valence-electron chi connectivity index (χ2n) is 6.61. The highest BCUT2D eigenvalue weighted by Gasteiger charge is 2.51. The smallest absolute Gasteiger partial charge is 0.307 e. The number of aliphatic carboxylic acids is 1. The van der Waals surface area contributed by atoms with Crippen LogP contribution in [0.2, 0.25) is 0 Å². The zero-order valence-corrected chi connectivity index (χ0v) is 12.8. The molecule has 4 nitrogen and oxygen atoms in total. The number of carbonyl (C=O) groups excluding carboxylic acids is 1. The summed E-state index contributed by atoms with van der Waals surface area (Å²) in [7, 11) is 0. The molecule has 1 amide bonds. The van der Waals surface area contributed by atoms with Gasteiger partial charge in [-0.25, -0.2) is 0 Å². The van der Waals surface area contributed by atoms with Gasteiger partial charge in [0.2, 0.25) is 5.91 Å². The molecule has 0 saturated heterocycles. The quantitative estimate of drug-likeness (QED) is 0.839. The fourth-order valence-electron chi connectivity index (χ4n) is 3.72. The summed E-state index contributed by atoms with van der Waals surface area (Å²) in [6.07, 6.45) is 4.73. The minimum Gasteiger partial charge on any atom is -0.481 e. The predicted octanol–water partition coefficient (Wildman–Crippen LogP) is 3.27. The Kier molecular flexibility index (Phi) is 3.77. The van der Waals surface area contributed by atoms with Gasteiger partial charge in [0.1, 0.15) is 0 Å². The first-order valence-corrected chi connectivity index (χ1v) is 7.79. The second kappa shape index (κ2) is 5.59. The molecule has 2 aliphatic rings. The van der Waals surface area contributed by atoms with Crippen LogP contribution in [0.15, 0.2) is 36.4 Å². The number of allylic oxidation sites excluding steroid dienone is 2. The number of hydrogen-bond donors (Lipinski definition) is 2. The summed E-state index contributed by atoms with van der Waals surface area (Å²) in [6, 6.07) is 7.75. The number of carboxylic acids is 1. The second-order valence-corrected chi connectivity index (χ2v) is 6.61. The SMILES string of the molecule is CC(C)c1cccc(NC(=O)C2C3C=CC(C3)C2C(=O)O)c1. The van der Waals surface area contributed by atoms with Crippen molar-refractivity contribution in [1.82, 2.24) is 0 Å². The Morgan fingerprint density at radius 2 is 1.86 bits per heavy atom. The van der Waals surface area contributed by atoms with Crippen LogP contribution in [0.3, 0.4) is 0 Å². The maximum atomic E-state index is 12.6. The van der Waals surface area contributed by atoms with Crippen molar-refractivity contribution in [3.8, 4) is 0 Å². The van der Waals surface area contributed by atoms with Crippen LogP contribution >= 0.6 is 0 Å². The van der Waals surface area contributed by atoms with E-state index in [2.05, 4.69) is 19.2 Å². The Balaban J connectivity index is 1.78. The molecule has 0 spiro atoms. The minimum atomic E-state index is -0.868. The zero-order valence-electron chi connectivity index (χ0n) is 12.8. The van der Waals surface area contributed by atoms with Gasteiger partial charge in [0, 0.05) is 5.69 Å². The maximum Gasteiger partial charge on any atom is 0.307 e. The van der Waals surface area contributed by atoms with Crippen LogP contribution in [0, 0.1) is 23.7 Å². The van der Waals surface area contributed by atoms with Crippen LogP contribution in [0.1, 0.15) is 31.7 Å². The van der Waals surface area contributed by atoms with Gasteiger partial charge in [-0.1, -0.05) is 38.1 Å². The van der Waals surface area contributed by atoms with Crippen molar-refractivity contribution in [1.29, 1.82) is 0 Å². The minimum absolute atomic E-state index is 0.000230. The molecular formula is C18H21NO3. The number of benzene rings is 1. The molecule has 1 fully saturated rings. The highest BCUT2D eigenvalue weighted by atomic mass is 16.4. The first-order valence-electron chi connectivity index (χ1n) is 7.79. The number of amides is 1. The van der Waals surface area contributed by atoms with E-state index in [1.165, 1.54) is 0 Å². The van der Waals surface area contributed by atoms with Gasteiger partial charge in [0.25, 0.3) is 0 Å². The highest BCUT2D eigenvalue weighted by Crippen LogP contribution is 2.48. The molecule has 0 radical (unpaired) electrons. The van der Waals surface area contributed by atoms with Gasteiger partial charge in [-0.05, 0) is 41.9 Å². The average molecular weight is 299 g/mol. The number of fused-ring (bicyclic) bond motifs is 2. The summed E-state index contributed by atoms with van der Waals surface area (Å²) in [4.78, 5) is 24.1. The normalized spacial score (nSPS) is 29.0. The first kappa shape index (κ1) is 14.8. The molecule has 1 aromatic carbocycles. The molecule has 0 heterocycles.